The number of nitrogens with zero attached hydrogens (tertiary/aromatic N) is 1. The molecule has 3 rings (SSSR count). The van der Waals surface area contributed by atoms with Crippen LogP contribution >= 0.6 is 11.3 Å². The summed E-state index contributed by atoms with van der Waals surface area (Å²) in [4.78, 5) is 5.82. The smallest absolute Gasteiger partial charge is 0.0887 e. The molecule has 0 aromatic carbocycles. The first-order chi connectivity index (χ1) is 9.90. The summed E-state index contributed by atoms with van der Waals surface area (Å²) >= 11 is 1.78. The topological polar surface area (TPSA) is 34.1 Å². The summed E-state index contributed by atoms with van der Waals surface area (Å²) in [5.41, 5.74) is 2.26. The Balaban J connectivity index is 1.36. The van der Waals surface area contributed by atoms with E-state index in [1.807, 2.05) is 6.20 Å². The third-order valence-electron chi connectivity index (χ3n) is 3.38. The van der Waals surface area contributed by atoms with Crippen molar-refractivity contribution in [2.45, 2.75) is 38.5 Å². The van der Waals surface area contributed by atoms with Crippen molar-refractivity contribution in [2.75, 3.05) is 6.61 Å². The van der Waals surface area contributed by atoms with Crippen LogP contribution in [0.4, 0.5) is 0 Å². The van der Waals surface area contributed by atoms with Gasteiger partial charge in [0.15, 0.2) is 0 Å². The predicted molar refractivity (Wildman–Crippen MR) is 81.8 cm³/mol. The van der Waals surface area contributed by atoms with Crippen LogP contribution in [0.25, 0.3) is 0 Å². The quantitative estimate of drug-likeness (QED) is 0.758. The van der Waals surface area contributed by atoms with Crippen LogP contribution in [0.1, 0.15) is 29.0 Å². The zero-order chi connectivity index (χ0) is 13.6. The predicted octanol–water partition coefficient (Wildman–Crippen LogP) is 3.15. The Morgan fingerprint density at radius 1 is 1.30 bits per heavy atom. The molecule has 1 saturated carbocycles. The third kappa shape index (κ3) is 4.40. The molecule has 1 aliphatic rings. The van der Waals surface area contributed by atoms with Crippen LogP contribution in [0.2, 0.25) is 0 Å². The normalized spacial score (nSPS) is 14.6. The SMILES string of the molecule is c1csc(CCOCc2ccc(CNC3CC3)cn2)c1. The highest BCUT2D eigenvalue weighted by molar-refractivity contribution is 7.09. The Labute approximate surface area is 124 Å². The maximum atomic E-state index is 5.67. The number of aromatic nitrogens is 1. The Morgan fingerprint density at radius 2 is 2.25 bits per heavy atom. The van der Waals surface area contributed by atoms with E-state index < -0.39 is 0 Å². The fraction of sp³-hybridized carbons (Fsp3) is 0.438. The van der Waals surface area contributed by atoms with Crippen LogP contribution in [0.5, 0.6) is 0 Å². The zero-order valence-electron chi connectivity index (χ0n) is 11.5. The molecular weight excluding hydrogens is 268 g/mol. The van der Waals surface area contributed by atoms with Crippen LogP contribution < -0.4 is 5.32 Å². The van der Waals surface area contributed by atoms with Crippen LogP contribution in [-0.4, -0.2) is 17.6 Å². The van der Waals surface area contributed by atoms with Crippen molar-refractivity contribution in [3.8, 4) is 0 Å². The van der Waals surface area contributed by atoms with Gasteiger partial charge in [-0.2, -0.15) is 0 Å². The molecule has 106 valence electrons. The molecule has 2 aromatic rings. The molecule has 0 saturated heterocycles. The summed E-state index contributed by atoms with van der Waals surface area (Å²) in [5, 5.41) is 5.59. The molecular formula is C16H20N2OS. The maximum absolute atomic E-state index is 5.67. The van der Waals surface area contributed by atoms with Crippen molar-refractivity contribution in [2.24, 2.45) is 0 Å². The minimum Gasteiger partial charge on any atom is -0.375 e. The summed E-state index contributed by atoms with van der Waals surface area (Å²) in [5.74, 6) is 0. The fourth-order valence-corrected chi connectivity index (χ4v) is 2.69. The van der Waals surface area contributed by atoms with E-state index in [0.717, 1.165) is 31.3 Å². The van der Waals surface area contributed by atoms with Crippen molar-refractivity contribution in [1.29, 1.82) is 0 Å². The minimum absolute atomic E-state index is 0.599. The Hall–Kier alpha value is -1.23. The van der Waals surface area contributed by atoms with Gasteiger partial charge in [0, 0.05) is 30.1 Å². The molecule has 0 radical (unpaired) electrons. The van der Waals surface area contributed by atoms with Gasteiger partial charge in [-0.1, -0.05) is 12.1 Å². The van der Waals surface area contributed by atoms with Crippen LogP contribution in [0.15, 0.2) is 35.8 Å². The molecule has 3 nitrogen and oxygen atoms in total. The van der Waals surface area contributed by atoms with E-state index in [4.69, 9.17) is 4.74 Å². The van der Waals surface area contributed by atoms with Gasteiger partial charge in [0.1, 0.15) is 0 Å². The lowest BCUT2D eigenvalue weighted by molar-refractivity contribution is 0.121. The minimum atomic E-state index is 0.599. The van der Waals surface area contributed by atoms with Gasteiger partial charge in [0.05, 0.1) is 18.9 Å². The maximum Gasteiger partial charge on any atom is 0.0887 e. The van der Waals surface area contributed by atoms with E-state index in [9.17, 15) is 0 Å². The van der Waals surface area contributed by atoms with Gasteiger partial charge in [-0.3, -0.25) is 4.98 Å². The van der Waals surface area contributed by atoms with Crippen LogP contribution in [-0.2, 0) is 24.3 Å². The molecule has 2 heterocycles. The van der Waals surface area contributed by atoms with Crippen LogP contribution in [0.3, 0.4) is 0 Å². The molecule has 0 bridgehead atoms. The Kier molecular flexibility index (Phi) is 4.79. The lowest BCUT2D eigenvalue weighted by Crippen LogP contribution is -2.15. The molecule has 20 heavy (non-hydrogen) atoms. The first-order valence-corrected chi connectivity index (χ1v) is 8.05. The highest BCUT2D eigenvalue weighted by Gasteiger charge is 2.19. The van der Waals surface area contributed by atoms with Gasteiger partial charge in [0.2, 0.25) is 0 Å². The lowest BCUT2D eigenvalue weighted by Gasteiger charge is -2.05. The van der Waals surface area contributed by atoms with E-state index in [0.29, 0.717) is 6.61 Å². The number of nitrogens with one attached hydrogen (secondary N) is 1. The molecule has 2 aromatic heterocycles. The molecule has 0 atom stereocenters. The molecule has 1 aliphatic carbocycles. The molecule has 0 spiro atoms. The Morgan fingerprint density at radius 3 is 2.95 bits per heavy atom. The molecule has 4 heteroatoms. The monoisotopic (exact) mass is 288 g/mol. The van der Waals surface area contributed by atoms with E-state index in [1.165, 1.54) is 23.3 Å². The van der Waals surface area contributed by atoms with Crippen LogP contribution in [0, 0.1) is 0 Å². The van der Waals surface area contributed by atoms with E-state index in [-0.39, 0.29) is 0 Å². The molecule has 0 amide bonds. The van der Waals surface area contributed by atoms with Gasteiger partial charge in [0.25, 0.3) is 0 Å². The molecule has 1 fully saturated rings. The van der Waals surface area contributed by atoms with Gasteiger partial charge in [-0.05, 0) is 35.9 Å². The van der Waals surface area contributed by atoms with Gasteiger partial charge >= 0.3 is 0 Å². The number of ether oxygens (including phenoxy) is 1. The number of hydrogen-bond acceptors (Lipinski definition) is 4. The standard InChI is InChI=1S/C16H20N2OS/c1-2-16(20-9-1)7-8-19-12-15-4-3-13(11-18-15)10-17-14-5-6-14/h1-4,9,11,14,17H,5-8,10,12H2. The molecule has 0 aliphatic heterocycles. The van der Waals surface area contributed by atoms with Crippen molar-refractivity contribution in [1.82, 2.24) is 10.3 Å². The number of hydrogen-bond donors (Lipinski definition) is 1. The van der Waals surface area contributed by atoms with Gasteiger partial charge in [-0.15, -0.1) is 11.3 Å². The average Bonchev–Trinajstić information content (AvgIpc) is 3.17. The van der Waals surface area contributed by atoms with Gasteiger partial charge < -0.3 is 10.1 Å². The second-order valence-corrected chi connectivity index (χ2v) is 6.23. The summed E-state index contributed by atoms with van der Waals surface area (Å²) in [6.45, 7) is 2.28. The molecule has 1 N–H and O–H groups in total. The largest absolute Gasteiger partial charge is 0.375 e. The second-order valence-electron chi connectivity index (χ2n) is 5.19. The summed E-state index contributed by atoms with van der Waals surface area (Å²) in [7, 11) is 0. The highest BCUT2D eigenvalue weighted by Crippen LogP contribution is 2.19. The highest BCUT2D eigenvalue weighted by atomic mass is 32.1. The van der Waals surface area contributed by atoms with Crippen molar-refractivity contribution in [3.63, 3.8) is 0 Å². The Bertz CT molecular complexity index is 506. The summed E-state index contributed by atoms with van der Waals surface area (Å²) in [6, 6.07) is 9.18. The first kappa shape index (κ1) is 13.7. The van der Waals surface area contributed by atoms with Gasteiger partial charge in [-0.25, -0.2) is 0 Å². The lowest BCUT2D eigenvalue weighted by atomic mass is 10.2. The number of thiophene rings is 1. The number of pyridine rings is 1. The summed E-state index contributed by atoms with van der Waals surface area (Å²) < 4.78 is 5.67. The third-order valence-corrected chi connectivity index (χ3v) is 4.32. The average molecular weight is 288 g/mol. The zero-order valence-corrected chi connectivity index (χ0v) is 12.4. The van der Waals surface area contributed by atoms with Crippen molar-refractivity contribution >= 4 is 11.3 Å². The fourth-order valence-electron chi connectivity index (χ4n) is 2.00. The number of rotatable bonds is 8. The molecule has 0 unspecified atom stereocenters. The van der Waals surface area contributed by atoms with E-state index >= 15 is 0 Å². The van der Waals surface area contributed by atoms with E-state index in [1.54, 1.807) is 11.3 Å². The first-order valence-electron chi connectivity index (χ1n) is 7.17. The van der Waals surface area contributed by atoms with E-state index in [2.05, 4.69) is 39.9 Å². The second kappa shape index (κ2) is 6.97. The van der Waals surface area contributed by atoms with Crippen molar-refractivity contribution < 1.29 is 4.74 Å². The van der Waals surface area contributed by atoms with Crippen molar-refractivity contribution in [3.05, 3.63) is 52.0 Å². The summed E-state index contributed by atoms with van der Waals surface area (Å²) in [6.07, 6.45) is 5.58.